The van der Waals surface area contributed by atoms with E-state index in [2.05, 4.69) is 10.3 Å². The van der Waals surface area contributed by atoms with E-state index >= 15 is 0 Å². The monoisotopic (exact) mass is 397 g/mol. The molecule has 1 aromatic carbocycles. The lowest BCUT2D eigenvalue weighted by molar-refractivity contribution is -0.139. The van der Waals surface area contributed by atoms with Gasteiger partial charge in [-0.25, -0.2) is 4.98 Å². The third-order valence-electron chi connectivity index (χ3n) is 5.78. The number of piperazine rings is 1. The molecule has 8 heteroatoms. The maximum atomic E-state index is 13.3. The lowest BCUT2D eigenvalue weighted by atomic mass is 10.0. The Kier molecular flexibility index (Phi) is 5.53. The molecule has 2 atom stereocenters. The first-order valence-corrected chi connectivity index (χ1v) is 9.96. The van der Waals surface area contributed by atoms with E-state index < -0.39 is 0 Å². The van der Waals surface area contributed by atoms with E-state index in [0.717, 1.165) is 23.7 Å². The van der Waals surface area contributed by atoms with E-state index in [1.54, 1.807) is 18.2 Å². The zero-order valence-corrected chi connectivity index (χ0v) is 16.9. The third-order valence-corrected chi connectivity index (χ3v) is 5.78. The first-order chi connectivity index (χ1) is 14.1. The summed E-state index contributed by atoms with van der Waals surface area (Å²) in [6.07, 6.45) is 3.91. The van der Waals surface area contributed by atoms with Crippen molar-refractivity contribution >= 4 is 11.8 Å². The standard InChI is InChI=1S/C21H27N5O3/c1-24-9-8-23-20(24)18-12-22-7-10-26(18)21(28)16-11-19(27)25(14-16)13-15-3-5-17(29-2)6-4-15/h3-6,8-9,16,18,22H,7,10-14H2,1-2H3. The first kappa shape index (κ1) is 19.4. The minimum atomic E-state index is -0.304. The van der Waals surface area contributed by atoms with Crippen LogP contribution in [0.4, 0.5) is 0 Å². The van der Waals surface area contributed by atoms with Gasteiger partial charge in [0.2, 0.25) is 11.8 Å². The minimum Gasteiger partial charge on any atom is -0.497 e. The second-order valence-electron chi connectivity index (χ2n) is 7.67. The molecule has 0 bridgehead atoms. The van der Waals surface area contributed by atoms with Gasteiger partial charge in [-0.1, -0.05) is 12.1 Å². The lowest BCUT2D eigenvalue weighted by Crippen LogP contribution is -2.51. The van der Waals surface area contributed by atoms with Gasteiger partial charge >= 0.3 is 0 Å². The number of ether oxygens (including phenoxy) is 1. The zero-order valence-electron chi connectivity index (χ0n) is 16.9. The molecule has 1 aromatic heterocycles. The Hall–Kier alpha value is -2.87. The number of carbonyl (C=O) groups excluding carboxylic acids is 2. The number of carbonyl (C=O) groups is 2. The van der Waals surface area contributed by atoms with Gasteiger partial charge in [-0.05, 0) is 17.7 Å². The van der Waals surface area contributed by atoms with E-state index in [1.807, 2.05) is 47.0 Å². The summed E-state index contributed by atoms with van der Waals surface area (Å²) in [5.41, 5.74) is 1.03. The summed E-state index contributed by atoms with van der Waals surface area (Å²) in [6, 6.07) is 7.57. The lowest BCUT2D eigenvalue weighted by Gasteiger charge is -2.37. The Morgan fingerprint density at radius 3 is 2.79 bits per heavy atom. The quantitative estimate of drug-likeness (QED) is 0.813. The van der Waals surface area contributed by atoms with Crippen molar-refractivity contribution in [1.82, 2.24) is 24.7 Å². The van der Waals surface area contributed by atoms with Crippen LogP contribution in [-0.4, -0.2) is 64.5 Å². The normalized spacial score (nSPS) is 22.2. The number of aryl methyl sites for hydroxylation is 1. The van der Waals surface area contributed by atoms with Gasteiger partial charge < -0.3 is 24.4 Å². The topological polar surface area (TPSA) is 79.7 Å². The van der Waals surface area contributed by atoms with Gasteiger partial charge in [-0.2, -0.15) is 0 Å². The third kappa shape index (κ3) is 3.98. The molecule has 2 aliphatic rings. The Bertz CT molecular complexity index is 879. The van der Waals surface area contributed by atoms with Gasteiger partial charge in [-0.15, -0.1) is 0 Å². The zero-order chi connectivity index (χ0) is 20.4. The highest BCUT2D eigenvalue weighted by atomic mass is 16.5. The Morgan fingerprint density at radius 2 is 2.10 bits per heavy atom. The van der Waals surface area contributed by atoms with Gasteiger partial charge in [0, 0.05) is 58.6 Å². The van der Waals surface area contributed by atoms with Crippen LogP contribution in [0.3, 0.4) is 0 Å². The van der Waals surface area contributed by atoms with Gasteiger partial charge in [-0.3, -0.25) is 9.59 Å². The molecule has 2 saturated heterocycles. The summed E-state index contributed by atoms with van der Waals surface area (Å²) >= 11 is 0. The number of nitrogens with one attached hydrogen (secondary N) is 1. The average molecular weight is 397 g/mol. The van der Waals surface area contributed by atoms with Crippen LogP contribution in [0.25, 0.3) is 0 Å². The van der Waals surface area contributed by atoms with Gasteiger partial charge in [0.25, 0.3) is 0 Å². The number of benzene rings is 1. The molecule has 0 spiro atoms. The molecule has 2 fully saturated rings. The molecule has 2 unspecified atom stereocenters. The Labute approximate surface area is 170 Å². The Morgan fingerprint density at radius 1 is 1.31 bits per heavy atom. The molecule has 3 heterocycles. The smallest absolute Gasteiger partial charge is 0.228 e. The van der Waals surface area contributed by atoms with Crippen LogP contribution in [0.1, 0.15) is 23.9 Å². The van der Waals surface area contributed by atoms with E-state index in [9.17, 15) is 9.59 Å². The number of methoxy groups -OCH3 is 1. The van der Waals surface area contributed by atoms with E-state index in [0.29, 0.717) is 26.2 Å². The Balaban J connectivity index is 1.44. The van der Waals surface area contributed by atoms with Crippen LogP contribution in [0, 0.1) is 5.92 Å². The number of hydrogen-bond acceptors (Lipinski definition) is 5. The van der Waals surface area contributed by atoms with Crippen molar-refractivity contribution in [2.24, 2.45) is 13.0 Å². The first-order valence-electron chi connectivity index (χ1n) is 9.96. The van der Waals surface area contributed by atoms with E-state index in [-0.39, 0.29) is 30.2 Å². The molecule has 154 valence electrons. The highest BCUT2D eigenvalue weighted by Gasteiger charge is 2.40. The van der Waals surface area contributed by atoms with Crippen LogP contribution >= 0.6 is 0 Å². The molecule has 4 rings (SSSR count). The van der Waals surface area contributed by atoms with Gasteiger partial charge in [0.1, 0.15) is 17.6 Å². The molecule has 2 amide bonds. The van der Waals surface area contributed by atoms with Gasteiger partial charge in [0.15, 0.2) is 0 Å². The van der Waals surface area contributed by atoms with Crippen molar-refractivity contribution in [1.29, 1.82) is 0 Å². The van der Waals surface area contributed by atoms with Crippen LogP contribution in [0.5, 0.6) is 5.75 Å². The molecule has 0 radical (unpaired) electrons. The van der Waals surface area contributed by atoms with Crippen LogP contribution < -0.4 is 10.1 Å². The van der Waals surface area contributed by atoms with Crippen molar-refractivity contribution in [3.8, 4) is 5.75 Å². The molecule has 1 N–H and O–H groups in total. The predicted octanol–water partition coefficient (Wildman–Crippen LogP) is 0.950. The number of rotatable bonds is 5. The van der Waals surface area contributed by atoms with Crippen LogP contribution in [0.2, 0.25) is 0 Å². The van der Waals surface area contributed by atoms with Crippen molar-refractivity contribution in [2.45, 2.75) is 19.0 Å². The number of aromatic nitrogens is 2. The van der Waals surface area contributed by atoms with Gasteiger partial charge in [0.05, 0.1) is 13.0 Å². The molecule has 29 heavy (non-hydrogen) atoms. The van der Waals surface area contributed by atoms with Crippen molar-refractivity contribution in [2.75, 3.05) is 33.3 Å². The molecule has 0 saturated carbocycles. The molecule has 8 nitrogen and oxygen atoms in total. The highest BCUT2D eigenvalue weighted by Crippen LogP contribution is 2.28. The molecular weight excluding hydrogens is 370 g/mol. The van der Waals surface area contributed by atoms with Crippen molar-refractivity contribution < 1.29 is 14.3 Å². The number of nitrogens with zero attached hydrogens (tertiary/aromatic N) is 4. The summed E-state index contributed by atoms with van der Waals surface area (Å²) in [5, 5.41) is 3.35. The van der Waals surface area contributed by atoms with Crippen molar-refractivity contribution in [3.05, 3.63) is 48.0 Å². The molecule has 2 aromatic rings. The van der Waals surface area contributed by atoms with Crippen LogP contribution in [0.15, 0.2) is 36.7 Å². The fourth-order valence-corrected chi connectivity index (χ4v) is 4.17. The predicted molar refractivity (Wildman–Crippen MR) is 107 cm³/mol. The minimum absolute atomic E-state index is 0.0304. The maximum absolute atomic E-state index is 13.3. The summed E-state index contributed by atoms with van der Waals surface area (Å²) in [4.78, 5) is 34.0. The number of amides is 2. The van der Waals surface area contributed by atoms with E-state index in [1.165, 1.54) is 0 Å². The maximum Gasteiger partial charge on any atom is 0.228 e. The number of hydrogen-bond donors (Lipinski definition) is 1. The SMILES string of the molecule is COc1ccc(CN2CC(C(=O)N3CCNCC3c3nccn3C)CC2=O)cc1. The number of likely N-dealkylation sites (tertiary alicyclic amines) is 1. The second-order valence-corrected chi connectivity index (χ2v) is 7.67. The molecule has 2 aliphatic heterocycles. The molecular formula is C21H27N5O3. The fourth-order valence-electron chi connectivity index (χ4n) is 4.17. The summed E-state index contributed by atoms with van der Waals surface area (Å²) in [5.74, 6) is 1.42. The van der Waals surface area contributed by atoms with Crippen LogP contribution in [-0.2, 0) is 23.2 Å². The van der Waals surface area contributed by atoms with Crippen molar-refractivity contribution in [3.63, 3.8) is 0 Å². The van der Waals surface area contributed by atoms with E-state index in [4.69, 9.17) is 4.74 Å². The largest absolute Gasteiger partial charge is 0.497 e. The summed E-state index contributed by atoms with van der Waals surface area (Å²) in [6.45, 7) is 3.02. The highest BCUT2D eigenvalue weighted by molar-refractivity contribution is 5.89. The molecule has 0 aliphatic carbocycles. The summed E-state index contributed by atoms with van der Waals surface area (Å²) in [7, 11) is 3.57. The fraction of sp³-hybridized carbons (Fsp3) is 0.476. The second kappa shape index (κ2) is 8.24. The number of imidazole rings is 1. The summed E-state index contributed by atoms with van der Waals surface area (Å²) < 4.78 is 7.13. The average Bonchev–Trinajstić information content (AvgIpc) is 3.33.